The molecule has 0 saturated carbocycles. The predicted molar refractivity (Wildman–Crippen MR) is 250 cm³/mol. The maximum atomic E-state index is 14.2. The molecule has 2 rings (SSSR count). The van der Waals surface area contributed by atoms with Crippen LogP contribution >= 0.6 is 0 Å². The number of aliphatic carboxylic acids is 2. The number of nitrogens with one attached hydrogen (secondary N) is 7. The van der Waals surface area contributed by atoms with Crippen molar-refractivity contribution in [1.82, 2.24) is 37.2 Å². The van der Waals surface area contributed by atoms with Gasteiger partial charge < -0.3 is 66.7 Å². The Labute approximate surface area is 410 Å². The van der Waals surface area contributed by atoms with Gasteiger partial charge in [-0.2, -0.15) is 0 Å². The second-order valence-electron chi connectivity index (χ2n) is 16.9. The highest BCUT2D eigenvalue weighted by atomic mass is 16.5. The van der Waals surface area contributed by atoms with Crippen LogP contribution in [0.15, 0.2) is 54.1 Å². The summed E-state index contributed by atoms with van der Waals surface area (Å²) in [6.45, 7) is 5.21. The summed E-state index contributed by atoms with van der Waals surface area (Å²) in [6, 6.07) is -1.81. The third kappa shape index (κ3) is 21.1. The minimum absolute atomic E-state index is 0.160. The molecule has 1 aromatic carbocycles. The summed E-state index contributed by atoms with van der Waals surface area (Å²) in [5.41, 5.74) is 1.69. The maximum absolute atomic E-state index is 14.2. The van der Waals surface area contributed by atoms with Crippen molar-refractivity contribution in [3.8, 4) is 0 Å². The van der Waals surface area contributed by atoms with Crippen LogP contribution < -0.4 is 37.2 Å². The first-order valence-corrected chi connectivity index (χ1v) is 22.8. The zero-order valence-corrected chi connectivity index (χ0v) is 40.8. The van der Waals surface area contributed by atoms with E-state index in [1.165, 1.54) is 13.0 Å². The molecule has 10 N–H and O–H groups in total. The Balaban J connectivity index is 2.68. The van der Waals surface area contributed by atoms with Crippen molar-refractivity contribution in [3.05, 3.63) is 59.7 Å². The number of carboxylic acids is 2. The molecule has 0 spiro atoms. The zero-order valence-electron chi connectivity index (χ0n) is 40.8. The van der Waals surface area contributed by atoms with E-state index >= 15 is 0 Å². The highest BCUT2D eigenvalue weighted by Crippen LogP contribution is 2.18. The second kappa shape index (κ2) is 30.4. The number of rotatable bonds is 16. The highest BCUT2D eigenvalue weighted by molar-refractivity contribution is 5.96. The third-order valence-electron chi connectivity index (χ3n) is 11.4. The van der Waals surface area contributed by atoms with Crippen LogP contribution in [0.1, 0.15) is 78.2 Å². The van der Waals surface area contributed by atoms with E-state index < -0.39 is 165 Å². The van der Waals surface area contributed by atoms with Gasteiger partial charge in [-0.15, -0.1) is 0 Å². The molecule has 0 radical (unpaired) electrons. The smallest absolute Gasteiger partial charge is 0.326 e. The third-order valence-corrected chi connectivity index (χ3v) is 11.4. The summed E-state index contributed by atoms with van der Waals surface area (Å²) < 4.78 is 15.1. The van der Waals surface area contributed by atoms with Crippen LogP contribution in [-0.4, -0.2) is 157 Å². The lowest BCUT2D eigenvalue weighted by Gasteiger charge is -2.27. The lowest BCUT2D eigenvalue weighted by molar-refractivity contribution is -0.145. The van der Waals surface area contributed by atoms with Gasteiger partial charge in [0.15, 0.2) is 0 Å². The SMILES string of the molecule is COC(=O)CCC1NC(=O)CC(C(=O)O)NC(=O)[C@H](CCC(=O)OC)NC(=O)[C@@H](C)NC(=O)C(CO)NC(=O)CC[C@H](C(=O)O)NC(=O)[C@@H](C)C(/C=C/C(C)=C/[C@H](C)[C@H](Cc2ccccc2)OC)NC1=O. The van der Waals surface area contributed by atoms with E-state index in [1.807, 2.05) is 43.3 Å². The number of aliphatic hydroxyl groups excluding tert-OH is 1. The average molecular weight is 1000 g/mol. The fourth-order valence-corrected chi connectivity index (χ4v) is 7.08. The van der Waals surface area contributed by atoms with Crippen molar-refractivity contribution in [3.63, 3.8) is 0 Å². The molecule has 392 valence electrons. The van der Waals surface area contributed by atoms with Gasteiger partial charge in [-0.3, -0.25) is 43.2 Å². The number of ether oxygens (including phenoxy) is 3. The molecule has 7 amide bonds. The van der Waals surface area contributed by atoms with Gasteiger partial charge in [0.2, 0.25) is 41.4 Å². The Morgan fingerprint density at radius 2 is 1.23 bits per heavy atom. The lowest BCUT2D eigenvalue weighted by Crippen LogP contribution is -2.58. The van der Waals surface area contributed by atoms with E-state index in [-0.39, 0.29) is 12.0 Å². The number of methoxy groups -OCH3 is 3. The molecule has 1 aliphatic heterocycles. The number of amides is 7. The topological polar surface area (TPSA) is 360 Å². The van der Waals surface area contributed by atoms with E-state index in [4.69, 9.17) is 9.47 Å². The molecule has 24 nitrogen and oxygen atoms in total. The Hall–Kier alpha value is -7.21. The number of hydrogen-bond acceptors (Lipinski definition) is 15. The molecule has 0 bridgehead atoms. The van der Waals surface area contributed by atoms with Crippen LogP contribution in [0.2, 0.25) is 0 Å². The summed E-state index contributed by atoms with van der Waals surface area (Å²) in [4.78, 5) is 144. The Morgan fingerprint density at radius 1 is 0.690 bits per heavy atom. The van der Waals surface area contributed by atoms with Gasteiger partial charge in [0.05, 0.1) is 45.3 Å². The van der Waals surface area contributed by atoms with Crippen LogP contribution in [0.25, 0.3) is 0 Å². The minimum atomic E-state index is -2.02. The molecule has 0 aliphatic carbocycles. The van der Waals surface area contributed by atoms with Gasteiger partial charge in [-0.1, -0.05) is 68.0 Å². The first-order chi connectivity index (χ1) is 33.5. The molecule has 1 saturated heterocycles. The van der Waals surface area contributed by atoms with Crippen molar-refractivity contribution < 1.29 is 82.3 Å². The van der Waals surface area contributed by atoms with Gasteiger partial charge in [0.1, 0.15) is 36.3 Å². The first-order valence-electron chi connectivity index (χ1n) is 22.8. The summed E-state index contributed by atoms with van der Waals surface area (Å²) >= 11 is 0. The normalized spacial score (nSPS) is 25.0. The fraction of sp³-hybridized carbons (Fsp3) is 0.553. The van der Waals surface area contributed by atoms with Crippen LogP contribution in [-0.2, 0) is 73.4 Å². The van der Waals surface area contributed by atoms with Crippen LogP contribution in [0.3, 0.4) is 0 Å². The summed E-state index contributed by atoms with van der Waals surface area (Å²) in [5.74, 6) is -13.7. The number of carbonyl (C=O) groups excluding carboxylic acids is 9. The van der Waals surface area contributed by atoms with Crippen LogP contribution in [0.5, 0.6) is 0 Å². The van der Waals surface area contributed by atoms with Crippen LogP contribution in [0, 0.1) is 11.8 Å². The first kappa shape index (κ1) is 59.9. The molecule has 1 heterocycles. The van der Waals surface area contributed by atoms with E-state index in [0.29, 0.717) is 12.0 Å². The minimum Gasteiger partial charge on any atom is -0.480 e. The molecular weight excluding hydrogens is 935 g/mol. The standard InChI is InChI=1S/C47H67N7O17/c1-25(21-26(2)36(69-5)22-29-11-9-8-10-12-29)13-14-30-27(3)41(60)53-33(46(65)66)15-18-37(56)50-35(24-55)45(64)48-28(4)42(61)52-32(17-20-40(59)71-7)44(63)54-34(47(67)68)23-38(57)49-31(43(62)51-30)16-19-39(58)70-6/h8-14,21,26-28,30-36,55H,15-20,22-24H2,1-7H3,(H,48,64)(H,49,57)(H,50,56)(H,51,62)(H,52,61)(H,53,60)(H,54,63)(H,65,66)(H,67,68)/b14-13+,25-21+/t26-,27-,28+,30?,31?,32-,33+,34?,35?,36-/m0/s1. The Kier molecular flexibility index (Phi) is 25.7. The van der Waals surface area contributed by atoms with Gasteiger partial charge in [0.25, 0.3) is 0 Å². The van der Waals surface area contributed by atoms with E-state index in [0.717, 1.165) is 26.7 Å². The Morgan fingerprint density at radius 3 is 1.77 bits per heavy atom. The fourth-order valence-electron chi connectivity index (χ4n) is 7.08. The number of carbonyl (C=O) groups is 11. The molecule has 1 aromatic rings. The predicted octanol–water partition coefficient (Wildman–Crippen LogP) is -1.32. The summed E-state index contributed by atoms with van der Waals surface area (Å²) in [7, 11) is 3.72. The molecule has 0 aromatic heterocycles. The summed E-state index contributed by atoms with van der Waals surface area (Å²) in [5, 5.41) is 46.3. The number of carboxylic acid groups (broad SMARTS) is 2. The van der Waals surface area contributed by atoms with E-state index in [2.05, 4.69) is 42.0 Å². The van der Waals surface area contributed by atoms with Crippen molar-refractivity contribution in [1.29, 1.82) is 0 Å². The number of esters is 2. The molecule has 10 atom stereocenters. The molecule has 1 aliphatic rings. The number of benzene rings is 1. The maximum Gasteiger partial charge on any atom is 0.326 e. The van der Waals surface area contributed by atoms with Gasteiger partial charge in [-0.05, 0) is 45.1 Å². The molecular formula is C47H67N7O17. The molecule has 71 heavy (non-hydrogen) atoms. The number of hydrogen-bond donors (Lipinski definition) is 10. The highest BCUT2D eigenvalue weighted by Gasteiger charge is 2.35. The largest absolute Gasteiger partial charge is 0.480 e. The number of aliphatic hydroxyl groups is 1. The van der Waals surface area contributed by atoms with Crippen molar-refractivity contribution >= 4 is 65.2 Å². The van der Waals surface area contributed by atoms with Gasteiger partial charge in [0, 0.05) is 32.3 Å². The molecule has 1 fully saturated rings. The average Bonchev–Trinajstić information content (AvgIpc) is 3.33. The van der Waals surface area contributed by atoms with Crippen molar-refractivity contribution in [2.24, 2.45) is 11.8 Å². The monoisotopic (exact) mass is 1000 g/mol. The quantitative estimate of drug-likeness (QED) is 0.0678. The lowest BCUT2D eigenvalue weighted by atomic mass is 9.94. The van der Waals surface area contributed by atoms with Gasteiger partial charge >= 0.3 is 23.9 Å². The van der Waals surface area contributed by atoms with Crippen molar-refractivity contribution in [2.75, 3.05) is 27.9 Å². The summed E-state index contributed by atoms with van der Waals surface area (Å²) in [6.07, 6.45) is 1.31. The molecule has 4 unspecified atom stereocenters. The Bertz CT molecular complexity index is 2120. The zero-order chi connectivity index (χ0) is 53.4. The van der Waals surface area contributed by atoms with E-state index in [1.54, 1.807) is 20.1 Å². The second-order valence-corrected chi connectivity index (χ2v) is 16.9. The van der Waals surface area contributed by atoms with Crippen LogP contribution in [0.4, 0.5) is 0 Å². The number of allylic oxidation sites excluding steroid dienone is 2. The van der Waals surface area contributed by atoms with Crippen molar-refractivity contribution in [2.45, 2.75) is 127 Å². The van der Waals surface area contributed by atoms with Gasteiger partial charge in [-0.25, -0.2) is 9.59 Å². The molecule has 24 heteroatoms. The van der Waals surface area contributed by atoms with E-state index in [9.17, 15) is 68.1 Å².